The molecule has 1 aliphatic heterocycles. The van der Waals surface area contributed by atoms with Gasteiger partial charge in [-0.05, 0) is 33.6 Å². The van der Waals surface area contributed by atoms with Crippen LogP contribution in [0.15, 0.2) is 6.07 Å². The lowest BCUT2D eigenvalue weighted by molar-refractivity contribution is -0.151. The summed E-state index contributed by atoms with van der Waals surface area (Å²) in [7, 11) is 1.38. The van der Waals surface area contributed by atoms with Gasteiger partial charge >= 0.3 is 5.97 Å². The summed E-state index contributed by atoms with van der Waals surface area (Å²) in [6.07, 6.45) is 3.84. The predicted octanol–water partition coefficient (Wildman–Crippen LogP) is 2.26. The first kappa shape index (κ1) is 17.9. The van der Waals surface area contributed by atoms with Gasteiger partial charge < -0.3 is 19.1 Å². The van der Waals surface area contributed by atoms with Crippen molar-refractivity contribution in [2.75, 3.05) is 25.1 Å². The van der Waals surface area contributed by atoms with Gasteiger partial charge in [0.15, 0.2) is 0 Å². The molecule has 138 valence electrons. The van der Waals surface area contributed by atoms with Crippen LogP contribution in [0.5, 0.6) is 5.88 Å². The first-order chi connectivity index (χ1) is 11.9. The first-order valence-corrected chi connectivity index (χ1v) is 8.95. The lowest BCUT2D eigenvalue weighted by atomic mass is 10.1. The summed E-state index contributed by atoms with van der Waals surface area (Å²) in [4.78, 5) is 23.0. The Morgan fingerprint density at radius 2 is 1.96 bits per heavy atom. The van der Waals surface area contributed by atoms with Crippen molar-refractivity contribution in [3.8, 4) is 5.88 Å². The molecule has 0 amide bonds. The van der Waals surface area contributed by atoms with Gasteiger partial charge in [0.2, 0.25) is 11.5 Å². The molecule has 0 N–H and O–H groups in total. The third kappa shape index (κ3) is 4.21. The SMILES string of the molecule is COC(=O)C1(Oc2cc(N3CCC(OC(C)C)CC3)nc(C)n2)CC1. The Morgan fingerprint density at radius 3 is 2.52 bits per heavy atom. The maximum absolute atomic E-state index is 11.9. The van der Waals surface area contributed by atoms with Crippen LogP contribution in [0.4, 0.5) is 5.82 Å². The van der Waals surface area contributed by atoms with E-state index in [1.165, 1.54) is 7.11 Å². The summed E-state index contributed by atoms with van der Waals surface area (Å²) in [5, 5.41) is 0. The number of aryl methyl sites for hydroxylation is 1. The van der Waals surface area contributed by atoms with Gasteiger partial charge in [-0.15, -0.1) is 0 Å². The molecule has 2 heterocycles. The Kier molecular flexibility index (Phi) is 5.13. The van der Waals surface area contributed by atoms with Gasteiger partial charge in [0.1, 0.15) is 11.6 Å². The molecule has 0 bridgehead atoms. The zero-order valence-corrected chi connectivity index (χ0v) is 15.4. The van der Waals surface area contributed by atoms with Crippen molar-refractivity contribution in [3.63, 3.8) is 0 Å². The number of ether oxygens (including phenoxy) is 3. The lowest BCUT2D eigenvalue weighted by Gasteiger charge is -2.33. The highest BCUT2D eigenvalue weighted by molar-refractivity contribution is 5.83. The van der Waals surface area contributed by atoms with Crippen LogP contribution in [0, 0.1) is 6.92 Å². The molecule has 3 rings (SSSR count). The van der Waals surface area contributed by atoms with Crippen molar-refractivity contribution in [2.45, 2.75) is 64.3 Å². The minimum absolute atomic E-state index is 0.255. The number of rotatable bonds is 6. The molecule has 0 atom stereocenters. The van der Waals surface area contributed by atoms with Gasteiger partial charge in [-0.2, -0.15) is 4.98 Å². The fourth-order valence-electron chi connectivity index (χ4n) is 3.19. The smallest absolute Gasteiger partial charge is 0.350 e. The maximum Gasteiger partial charge on any atom is 0.350 e. The van der Waals surface area contributed by atoms with E-state index < -0.39 is 5.60 Å². The summed E-state index contributed by atoms with van der Waals surface area (Å²) >= 11 is 0. The van der Waals surface area contributed by atoms with Crippen molar-refractivity contribution in [2.24, 2.45) is 0 Å². The van der Waals surface area contributed by atoms with E-state index in [-0.39, 0.29) is 12.1 Å². The number of carbonyl (C=O) groups excluding carboxylic acids is 1. The zero-order valence-electron chi connectivity index (χ0n) is 15.4. The number of aromatic nitrogens is 2. The second kappa shape index (κ2) is 7.15. The van der Waals surface area contributed by atoms with Crippen LogP contribution in [0.3, 0.4) is 0 Å². The van der Waals surface area contributed by atoms with Crippen LogP contribution in [-0.2, 0) is 14.3 Å². The topological polar surface area (TPSA) is 73.8 Å². The molecule has 0 unspecified atom stereocenters. The molecular weight excluding hydrogens is 322 g/mol. The van der Waals surface area contributed by atoms with E-state index in [4.69, 9.17) is 14.2 Å². The second-order valence-electron chi connectivity index (χ2n) is 7.07. The number of nitrogens with zero attached hydrogens (tertiary/aromatic N) is 3. The Labute approximate surface area is 148 Å². The van der Waals surface area contributed by atoms with Crippen LogP contribution in [0.1, 0.15) is 45.4 Å². The first-order valence-electron chi connectivity index (χ1n) is 8.95. The summed E-state index contributed by atoms with van der Waals surface area (Å²) in [6, 6.07) is 1.82. The van der Waals surface area contributed by atoms with E-state index in [0.717, 1.165) is 31.7 Å². The molecular formula is C18H27N3O4. The summed E-state index contributed by atoms with van der Waals surface area (Å²) < 4.78 is 16.6. The predicted molar refractivity (Wildman–Crippen MR) is 92.8 cm³/mol. The summed E-state index contributed by atoms with van der Waals surface area (Å²) in [6.45, 7) is 7.74. The fraction of sp³-hybridized carbons (Fsp3) is 0.722. The second-order valence-corrected chi connectivity index (χ2v) is 7.07. The lowest BCUT2D eigenvalue weighted by Crippen LogP contribution is -2.38. The molecule has 0 spiro atoms. The van der Waals surface area contributed by atoms with Gasteiger partial charge in [-0.25, -0.2) is 9.78 Å². The Morgan fingerprint density at radius 1 is 1.28 bits per heavy atom. The van der Waals surface area contributed by atoms with Gasteiger partial charge in [0.25, 0.3) is 0 Å². The monoisotopic (exact) mass is 349 g/mol. The number of hydrogen-bond donors (Lipinski definition) is 0. The average molecular weight is 349 g/mol. The van der Waals surface area contributed by atoms with E-state index in [9.17, 15) is 4.79 Å². The average Bonchev–Trinajstić information content (AvgIpc) is 3.34. The molecule has 25 heavy (non-hydrogen) atoms. The molecule has 7 heteroatoms. The van der Waals surface area contributed by atoms with E-state index in [1.54, 1.807) is 0 Å². The van der Waals surface area contributed by atoms with E-state index in [0.29, 0.717) is 30.7 Å². The van der Waals surface area contributed by atoms with Crippen LogP contribution in [0.2, 0.25) is 0 Å². The number of hydrogen-bond acceptors (Lipinski definition) is 7. The largest absolute Gasteiger partial charge is 0.466 e. The van der Waals surface area contributed by atoms with Crippen molar-refractivity contribution >= 4 is 11.8 Å². The number of methoxy groups -OCH3 is 1. The maximum atomic E-state index is 11.9. The fourth-order valence-corrected chi connectivity index (χ4v) is 3.19. The van der Waals surface area contributed by atoms with Crippen LogP contribution < -0.4 is 9.64 Å². The minimum Gasteiger partial charge on any atom is -0.466 e. The highest BCUT2D eigenvalue weighted by Crippen LogP contribution is 2.41. The molecule has 0 aromatic carbocycles. The van der Waals surface area contributed by atoms with Crippen LogP contribution >= 0.6 is 0 Å². The molecule has 1 aromatic rings. The Bertz CT molecular complexity index is 623. The number of anilines is 1. The molecule has 7 nitrogen and oxygen atoms in total. The molecule has 2 aliphatic rings. The quantitative estimate of drug-likeness (QED) is 0.729. The van der Waals surface area contributed by atoms with E-state index in [2.05, 4.69) is 28.7 Å². The molecule has 1 aromatic heterocycles. The normalized spacial score (nSPS) is 19.8. The Hall–Kier alpha value is -1.89. The van der Waals surface area contributed by atoms with Gasteiger partial charge in [0.05, 0.1) is 19.3 Å². The van der Waals surface area contributed by atoms with Crippen molar-refractivity contribution in [1.82, 2.24) is 9.97 Å². The molecule has 1 saturated heterocycles. The number of esters is 1. The summed E-state index contributed by atoms with van der Waals surface area (Å²) in [5.41, 5.74) is -0.856. The zero-order chi connectivity index (χ0) is 18.0. The number of piperidine rings is 1. The van der Waals surface area contributed by atoms with Crippen LogP contribution in [-0.4, -0.2) is 53.9 Å². The highest BCUT2D eigenvalue weighted by atomic mass is 16.6. The van der Waals surface area contributed by atoms with Crippen molar-refractivity contribution < 1.29 is 19.0 Å². The third-order valence-corrected chi connectivity index (χ3v) is 4.59. The van der Waals surface area contributed by atoms with Crippen LogP contribution in [0.25, 0.3) is 0 Å². The van der Waals surface area contributed by atoms with E-state index in [1.807, 2.05) is 13.0 Å². The third-order valence-electron chi connectivity index (χ3n) is 4.59. The summed E-state index contributed by atoms with van der Waals surface area (Å²) in [5.74, 6) is 1.57. The molecule has 0 radical (unpaired) electrons. The van der Waals surface area contributed by atoms with E-state index >= 15 is 0 Å². The Balaban J connectivity index is 1.67. The van der Waals surface area contributed by atoms with Crippen molar-refractivity contribution in [3.05, 3.63) is 11.9 Å². The van der Waals surface area contributed by atoms with Gasteiger partial charge in [-0.1, -0.05) is 0 Å². The number of carbonyl (C=O) groups is 1. The van der Waals surface area contributed by atoms with Gasteiger partial charge in [-0.3, -0.25) is 0 Å². The highest BCUT2D eigenvalue weighted by Gasteiger charge is 2.54. The molecule has 1 saturated carbocycles. The molecule has 2 fully saturated rings. The molecule has 1 aliphatic carbocycles. The standard InChI is InChI=1S/C18H27N3O4/c1-12(2)24-14-5-9-21(10-6-14)15-11-16(20-13(3)19-15)25-18(7-8-18)17(22)23-4/h11-12,14H,5-10H2,1-4H3. The minimum atomic E-state index is -0.856. The van der Waals surface area contributed by atoms with Crippen molar-refractivity contribution in [1.29, 1.82) is 0 Å². The van der Waals surface area contributed by atoms with Gasteiger partial charge in [0, 0.05) is 32.0 Å².